The maximum atomic E-state index is 12.0. The monoisotopic (exact) mass is 296 g/mol. The van der Waals surface area contributed by atoms with E-state index in [9.17, 15) is 9.90 Å². The van der Waals surface area contributed by atoms with Crippen molar-refractivity contribution < 1.29 is 9.90 Å². The fourth-order valence-electron chi connectivity index (χ4n) is 2.13. The number of para-hydroxylation sites is 1. The number of phenols is 1. The molecule has 0 spiro atoms. The zero-order chi connectivity index (χ0) is 15.9. The average Bonchev–Trinajstić information content (AvgIpc) is 2.54. The fraction of sp³-hybridized carbons (Fsp3) is 0.222. The summed E-state index contributed by atoms with van der Waals surface area (Å²) in [5, 5.41) is 13.7. The van der Waals surface area contributed by atoms with Crippen LogP contribution in [0.2, 0.25) is 0 Å². The Bertz CT molecular complexity index is 676. The predicted molar refractivity (Wildman–Crippen MR) is 88.2 cm³/mol. The lowest BCUT2D eigenvalue weighted by atomic mass is 10.1. The number of rotatable bonds is 5. The second kappa shape index (κ2) is 7.41. The maximum Gasteiger partial charge on any atom is 0.275 e. The summed E-state index contributed by atoms with van der Waals surface area (Å²) in [6.07, 6.45) is 2.17. The number of carbonyl (C=O) groups is 1. The highest BCUT2D eigenvalue weighted by molar-refractivity contribution is 6.01. The lowest BCUT2D eigenvalue weighted by Gasteiger charge is -2.05. The van der Waals surface area contributed by atoms with Gasteiger partial charge in [-0.15, -0.1) is 0 Å². The molecule has 22 heavy (non-hydrogen) atoms. The molecule has 0 heterocycles. The Morgan fingerprint density at radius 3 is 2.45 bits per heavy atom. The first kappa shape index (κ1) is 15.8. The van der Waals surface area contributed by atoms with Crippen LogP contribution in [0.25, 0.3) is 0 Å². The lowest BCUT2D eigenvalue weighted by molar-refractivity contribution is 0.0952. The molecule has 2 N–H and O–H groups in total. The largest absolute Gasteiger partial charge is 0.507 e. The van der Waals surface area contributed by atoms with E-state index in [1.165, 1.54) is 11.6 Å². The molecule has 2 aromatic rings. The second-order valence-corrected chi connectivity index (χ2v) is 5.10. The molecule has 114 valence electrons. The van der Waals surface area contributed by atoms with Gasteiger partial charge in [-0.1, -0.05) is 49.7 Å². The van der Waals surface area contributed by atoms with E-state index in [0.717, 1.165) is 18.4 Å². The Morgan fingerprint density at radius 2 is 1.82 bits per heavy atom. The number of nitrogens with one attached hydrogen (secondary N) is 1. The van der Waals surface area contributed by atoms with Crippen LogP contribution in [0.1, 0.15) is 41.8 Å². The first-order chi connectivity index (χ1) is 10.6. The number of amides is 1. The van der Waals surface area contributed by atoms with Crippen LogP contribution in [0.4, 0.5) is 0 Å². The number of hydrogen-bond acceptors (Lipinski definition) is 3. The third-order valence-corrected chi connectivity index (χ3v) is 3.38. The summed E-state index contributed by atoms with van der Waals surface area (Å²) in [6, 6.07) is 14.5. The molecule has 0 atom stereocenters. The highest BCUT2D eigenvalue weighted by atomic mass is 16.3. The van der Waals surface area contributed by atoms with Gasteiger partial charge in [0.05, 0.1) is 11.3 Å². The van der Waals surface area contributed by atoms with Gasteiger partial charge in [-0.05, 0) is 36.6 Å². The highest BCUT2D eigenvalue weighted by Crippen LogP contribution is 2.15. The summed E-state index contributed by atoms with van der Waals surface area (Å²) < 4.78 is 0. The maximum absolute atomic E-state index is 12.0. The number of nitrogens with zero attached hydrogens (tertiary/aromatic N) is 1. The first-order valence-corrected chi connectivity index (χ1v) is 7.33. The van der Waals surface area contributed by atoms with Gasteiger partial charge in [0.25, 0.3) is 5.91 Å². The van der Waals surface area contributed by atoms with E-state index < -0.39 is 5.91 Å². The van der Waals surface area contributed by atoms with Crippen LogP contribution in [-0.2, 0) is 6.42 Å². The van der Waals surface area contributed by atoms with Crippen molar-refractivity contribution in [3.8, 4) is 5.75 Å². The number of aromatic hydroxyl groups is 1. The van der Waals surface area contributed by atoms with Gasteiger partial charge >= 0.3 is 0 Å². The molecule has 2 rings (SSSR count). The van der Waals surface area contributed by atoms with E-state index >= 15 is 0 Å². The van der Waals surface area contributed by atoms with Crippen LogP contribution in [0, 0.1) is 0 Å². The number of hydrogen-bond donors (Lipinski definition) is 2. The second-order valence-electron chi connectivity index (χ2n) is 5.10. The summed E-state index contributed by atoms with van der Waals surface area (Å²) in [5.41, 5.74) is 5.63. The highest BCUT2D eigenvalue weighted by Gasteiger charge is 2.09. The van der Waals surface area contributed by atoms with E-state index in [-0.39, 0.29) is 11.3 Å². The van der Waals surface area contributed by atoms with Crippen LogP contribution in [0.15, 0.2) is 53.6 Å². The third kappa shape index (κ3) is 3.95. The van der Waals surface area contributed by atoms with Crippen LogP contribution < -0.4 is 5.43 Å². The molecule has 0 saturated heterocycles. The number of hydrazone groups is 1. The van der Waals surface area contributed by atoms with Gasteiger partial charge in [-0.25, -0.2) is 5.43 Å². The molecule has 1 amide bonds. The Labute approximate surface area is 130 Å². The Hall–Kier alpha value is -2.62. The molecule has 0 aliphatic carbocycles. The topological polar surface area (TPSA) is 61.7 Å². The molecular weight excluding hydrogens is 276 g/mol. The van der Waals surface area contributed by atoms with E-state index in [4.69, 9.17) is 0 Å². The van der Waals surface area contributed by atoms with Crippen molar-refractivity contribution in [1.82, 2.24) is 5.43 Å². The molecule has 0 saturated carbocycles. The lowest BCUT2D eigenvalue weighted by Crippen LogP contribution is -2.19. The molecule has 0 radical (unpaired) electrons. The van der Waals surface area contributed by atoms with Crippen LogP contribution in [0.5, 0.6) is 5.75 Å². The minimum Gasteiger partial charge on any atom is -0.507 e. The van der Waals surface area contributed by atoms with Gasteiger partial charge in [0.15, 0.2) is 0 Å². The summed E-state index contributed by atoms with van der Waals surface area (Å²) in [7, 11) is 0. The zero-order valence-corrected chi connectivity index (χ0v) is 12.8. The number of carbonyl (C=O) groups excluding carboxylic acids is 1. The molecule has 0 fully saturated rings. The molecule has 2 aromatic carbocycles. The van der Waals surface area contributed by atoms with E-state index in [1.807, 2.05) is 19.1 Å². The summed E-state index contributed by atoms with van der Waals surface area (Å²) in [4.78, 5) is 12.0. The fourth-order valence-corrected chi connectivity index (χ4v) is 2.13. The Morgan fingerprint density at radius 1 is 1.14 bits per heavy atom. The predicted octanol–water partition coefficient (Wildman–Crippen LogP) is 3.50. The molecule has 4 nitrogen and oxygen atoms in total. The number of aryl methyl sites for hydroxylation is 1. The van der Waals surface area contributed by atoms with Crippen molar-refractivity contribution in [2.45, 2.75) is 26.7 Å². The molecule has 0 aliphatic heterocycles. The standard InChI is InChI=1S/C18H20N2O2/c1-3-6-14-9-11-15(12-10-14)13(2)19-20-18(22)16-7-4-5-8-17(16)21/h4-5,7-12,21H,3,6H2,1-2H3,(H,20,22). The third-order valence-electron chi connectivity index (χ3n) is 3.38. The van der Waals surface area contributed by atoms with Crippen molar-refractivity contribution in [3.63, 3.8) is 0 Å². The number of benzene rings is 2. The molecule has 0 aliphatic rings. The van der Waals surface area contributed by atoms with Crippen molar-refractivity contribution in [3.05, 3.63) is 65.2 Å². The van der Waals surface area contributed by atoms with E-state index in [0.29, 0.717) is 5.71 Å². The Kier molecular flexibility index (Phi) is 5.31. The zero-order valence-electron chi connectivity index (χ0n) is 12.8. The van der Waals surface area contributed by atoms with E-state index in [1.54, 1.807) is 18.2 Å². The molecule has 0 bridgehead atoms. The smallest absolute Gasteiger partial charge is 0.275 e. The van der Waals surface area contributed by atoms with Crippen molar-refractivity contribution in [1.29, 1.82) is 0 Å². The van der Waals surface area contributed by atoms with Crippen LogP contribution in [0.3, 0.4) is 0 Å². The minimum atomic E-state index is -0.431. The molecule has 0 aromatic heterocycles. The van der Waals surface area contributed by atoms with Gasteiger partial charge in [-0.2, -0.15) is 5.10 Å². The molecule has 4 heteroatoms. The first-order valence-electron chi connectivity index (χ1n) is 7.33. The van der Waals surface area contributed by atoms with Crippen LogP contribution >= 0.6 is 0 Å². The SMILES string of the molecule is CCCc1ccc(C(C)=NNC(=O)c2ccccc2O)cc1. The summed E-state index contributed by atoms with van der Waals surface area (Å²) >= 11 is 0. The minimum absolute atomic E-state index is 0.0585. The van der Waals surface area contributed by atoms with Gasteiger partial charge in [0, 0.05) is 0 Å². The Balaban J connectivity index is 2.06. The normalized spacial score (nSPS) is 11.3. The van der Waals surface area contributed by atoms with Crippen LogP contribution in [-0.4, -0.2) is 16.7 Å². The average molecular weight is 296 g/mol. The summed E-state index contributed by atoms with van der Waals surface area (Å²) in [6.45, 7) is 3.98. The quantitative estimate of drug-likeness (QED) is 0.655. The van der Waals surface area contributed by atoms with Gasteiger partial charge in [-0.3, -0.25) is 4.79 Å². The summed E-state index contributed by atoms with van der Waals surface area (Å²) in [5.74, 6) is -0.489. The molecular formula is C18H20N2O2. The van der Waals surface area contributed by atoms with Gasteiger partial charge in [0.2, 0.25) is 0 Å². The number of phenolic OH excluding ortho intramolecular Hbond substituents is 1. The van der Waals surface area contributed by atoms with Crippen molar-refractivity contribution in [2.75, 3.05) is 0 Å². The van der Waals surface area contributed by atoms with Gasteiger partial charge in [0.1, 0.15) is 5.75 Å². The molecule has 0 unspecified atom stereocenters. The van der Waals surface area contributed by atoms with E-state index in [2.05, 4.69) is 29.6 Å². The van der Waals surface area contributed by atoms with Gasteiger partial charge < -0.3 is 5.11 Å². The van der Waals surface area contributed by atoms with Crippen molar-refractivity contribution in [2.24, 2.45) is 5.10 Å². The van der Waals surface area contributed by atoms with Crippen molar-refractivity contribution >= 4 is 11.6 Å².